The standard InChI is InChI=1S/C13H13ClN4S/c1-8-9(7-16-18(8)2)6-15-13-17-11-5-10(14)3-4-12(11)19-13/h3-5,7H,6H2,1-2H3,(H,15,17). The SMILES string of the molecule is Cc1c(CNc2nc3cc(Cl)ccc3s2)cnn1C. The molecule has 4 nitrogen and oxygen atoms in total. The summed E-state index contributed by atoms with van der Waals surface area (Å²) in [6, 6.07) is 5.76. The molecule has 0 bridgehead atoms. The van der Waals surface area contributed by atoms with E-state index in [1.807, 2.05) is 36.1 Å². The Bertz CT molecular complexity index is 731. The third-order valence-corrected chi connectivity index (χ3v) is 4.35. The van der Waals surface area contributed by atoms with E-state index >= 15 is 0 Å². The van der Waals surface area contributed by atoms with Gasteiger partial charge in [0.05, 0.1) is 16.4 Å². The molecule has 0 aliphatic carbocycles. The molecule has 0 unspecified atom stereocenters. The molecule has 2 heterocycles. The lowest BCUT2D eigenvalue weighted by Crippen LogP contribution is -2.00. The van der Waals surface area contributed by atoms with Gasteiger partial charge in [-0.3, -0.25) is 4.68 Å². The van der Waals surface area contributed by atoms with Crippen LogP contribution >= 0.6 is 22.9 Å². The molecule has 1 aromatic carbocycles. The monoisotopic (exact) mass is 292 g/mol. The summed E-state index contributed by atoms with van der Waals surface area (Å²) in [5, 5.41) is 9.18. The molecule has 0 atom stereocenters. The lowest BCUT2D eigenvalue weighted by Gasteiger charge is -2.01. The van der Waals surface area contributed by atoms with Crippen LogP contribution < -0.4 is 5.32 Å². The zero-order valence-electron chi connectivity index (χ0n) is 10.6. The van der Waals surface area contributed by atoms with Gasteiger partial charge in [-0.1, -0.05) is 22.9 Å². The average molecular weight is 293 g/mol. The highest BCUT2D eigenvalue weighted by Crippen LogP contribution is 2.28. The van der Waals surface area contributed by atoms with Gasteiger partial charge in [0, 0.05) is 29.9 Å². The summed E-state index contributed by atoms with van der Waals surface area (Å²) in [6.45, 7) is 2.79. The second-order valence-electron chi connectivity index (χ2n) is 4.36. The summed E-state index contributed by atoms with van der Waals surface area (Å²) < 4.78 is 3.00. The summed E-state index contributed by atoms with van der Waals surface area (Å²) in [5.41, 5.74) is 3.28. The number of nitrogens with zero attached hydrogens (tertiary/aromatic N) is 3. The van der Waals surface area contributed by atoms with Crippen LogP contribution in [-0.2, 0) is 13.6 Å². The Kier molecular flexibility index (Phi) is 3.16. The number of nitrogens with one attached hydrogen (secondary N) is 1. The quantitative estimate of drug-likeness (QED) is 0.802. The van der Waals surface area contributed by atoms with Crippen molar-refractivity contribution in [2.45, 2.75) is 13.5 Å². The van der Waals surface area contributed by atoms with Crippen LogP contribution in [0, 0.1) is 6.92 Å². The summed E-state index contributed by atoms with van der Waals surface area (Å²) in [6.07, 6.45) is 1.88. The third-order valence-electron chi connectivity index (χ3n) is 3.12. The Hall–Kier alpha value is -1.59. The largest absolute Gasteiger partial charge is 0.357 e. The van der Waals surface area contributed by atoms with Crippen molar-refractivity contribution in [1.29, 1.82) is 0 Å². The van der Waals surface area contributed by atoms with E-state index in [0.717, 1.165) is 27.6 Å². The van der Waals surface area contributed by atoms with Crippen LogP contribution in [0.1, 0.15) is 11.3 Å². The van der Waals surface area contributed by atoms with Crippen molar-refractivity contribution in [3.8, 4) is 0 Å². The molecule has 0 fully saturated rings. The van der Waals surface area contributed by atoms with Crippen molar-refractivity contribution in [3.05, 3.63) is 40.7 Å². The van der Waals surface area contributed by atoms with E-state index in [2.05, 4.69) is 22.3 Å². The molecule has 0 aliphatic heterocycles. The fraction of sp³-hybridized carbons (Fsp3) is 0.231. The molecule has 1 N–H and O–H groups in total. The van der Waals surface area contributed by atoms with Crippen molar-refractivity contribution < 1.29 is 0 Å². The van der Waals surface area contributed by atoms with Gasteiger partial charge >= 0.3 is 0 Å². The number of aromatic nitrogens is 3. The minimum absolute atomic E-state index is 0.715. The molecular weight excluding hydrogens is 280 g/mol. The molecule has 0 saturated heterocycles. The fourth-order valence-electron chi connectivity index (χ4n) is 1.86. The van der Waals surface area contributed by atoms with E-state index in [-0.39, 0.29) is 0 Å². The first kappa shape index (κ1) is 12.4. The number of rotatable bonds is 3. The van der Waals surface area contributed by atoms with Crippen LogP contribution in [0.5, 0.6) is 0 Å². The highest BCUT2D eigenvalue weighted by Gasteiger charge is 2.06. The molecule has 98 valence electrons. The number of hydrogen-bond acceptors (Lipinski definition) is 4. The number of aryl methyl sites for hydroxylation is 1. The van der Waals surface area contributed by atoms with Crippen LogP contribution in [0.2, 0.25) is 5.02 Å². The maximum atomic E-state index is 5.96. The van der Waals surface area contributed by atoms with Gasteiger partial charge in [0.2, 0.25) is 0 Å². The van der Waals surface area contributed by atoms with E-state index in [0.29, 0.717) is 5.02 Å². The Morgan fingerprint density at radius 3 is 3.00 bits per heavy atom. The third kappa shape index (κ3) is 2.43. The first-order chi connectivity index (χ1) is 9.13. The highest BCUT2D eigenvalue weighted by atomic mass is 35.5. The number of thiazole rings is 1. The van der Waals surface area contributed by atoms with Crippen LogP contribution in [0.15, 0.2) is 24.4 Å². The Balaban J connectivity index is 1.80. The summed E-state index contributed by atoms with van der Waals surface area (Å²) in [7, 11) is 1.94. The predicted molar refractivity (Wildman–Crippen MR) is 79.9 cm³/mol. The zero-order chi connectivity index (χ0) is 13.4. The van der Waals surface area contributed by atoms with Crippen LogP contribution in [-0.4, -0.2) is 14.8 Å². The fourth-order valence-corrected chi connectivity index (χ4v) is 2.87. The highest BCUT2D eigenvalue weighted by molar-refractivity contribution is 7.22. The lowest BCUT2D eigenvalue weighted by molar-refractivity contribution is 0.738. The minimum atomic E-state index is 0.715. The lowest BCUT2D eigenvalue weighted by atomic mass is 10.2. The molecule has 0 amide bonds. The normalized spacial score (nSPS) is 11.1. The van der Waals surface area contributed by atoms with Crippen molar-refractivity contribution in [1.82, 2.24) is 14.8 Å². The van der Waals surface area contributed by atoms with Gasteiger partial charge in [-0.2, -0.15) is 5.10 Å². The number of anilines is 1. The van der Waals surface area contributed by atoms with E-state index in [4.69, 9.17) is 11.6 Å². The van der Waals surface area contributed by atoms with Crippen LogP contribution in [0.25, 0.3) is 10.2 Å². The summed E-state index contributed by atoms with van der Waals surface area (Å²) in [5.74, 6) is 0. The van der Waals surface area contributed by atoms with E-state index < -0.39 is 0 Å². The van der Waals surface area contributed by atoms with Crippen molar-refractivity contribution in [2.24, 2.45) is 7.05 Å². The van der Waals surface area contributed by atoms with Gasteiger partial charge in [0.25, 0.3) is 0 Å². The summed E-state index contributed by atoms with van der Waals surface area (Å²) in [4.78, 5) is 4.52. The topological polar surface area (TPSA) is 42.7 Å². The summed E-state index contributed by atoms with van der Waals surface area (Å²) >= 11 is 7.59. The maximum absolute atomic E-state index is 5.96. The number of fused-ring (bicyclic) bond motifs is 1. The number of hydrogen-bond donors (Lipinski definition) is 1. The van der Waals surface area contributed by atoms with Crippen molar-refractivity contribution in [2.75, 3.05) is 5.32 Å². The molecule has 0 spiro atoms. The first-order valence-electron chi connectivity index (χ1n) is 5.91. The smallest absolute Gasteiger partial charge is 0.184 e. The minimum Gasteiger partial charge on any atom is -0.357 e. The molecule has 0 aliphatic rings. The van der Waals surface area contributed by atoms with Gasteiger partial charge in [-0.05, 0) is 25.1 Å². The Morgan fingerprint density at radius 2 is 2.26 bits per heavy atom. The van der Waals surface area contributed by atoms with E-state index in [1.165, 1.54) is 5.56 Å². The van der Waals surface area contributed by atoms with Crippen molar-refractivity contribution in [3.63, 3.8) is 0 Å². The zero-order valence-corrected chi connectivity index (χ0v) is 12.2. The van der Waals surface area contributed by atoms with Crippen molar-refractivity contribution >= 4 is 38.3 Å². The Morgan fingerprint density at radius 1 is 1.42 bits per heavy atom. The van der Waals surface area contributed by atoms with Crippen LogP contribution in [0.3, 0.4) is 0 Å². The molecule has 6 heteroatoms. The second kappa shape index (κ2) is 4.83. The molecule has 0 saturated carbocycles. The second-order valence-corrected chi connectivity index (χ2v) is 5.83. The molecule has 2 aromatic heterocycles. The van der Waals surface area contributed by atoms with Gasteiger partial charge < -0.3 is 5.32 Å². The number of halogens is 1. The predicted octanol–water partition coefficient (Wildman–Crippen LogP) is 3.60. The molecule has 3 rings (SSSR count). The maximum Gasteiger partial charge on any atom is 0.184 e. The average Bonchev–Trinajstić information content (AvgIpc) is 2.92. The molecular formula is C13H13ClN4S. The number of benzene rings is 1. The van der Waals surface area contributed by atoms with Gasteiger partial charge in [0.1, 0.15) is 0 Å². The van der Waals surface area contributed by atoms with E-state index in [9.17, 15) is 0 Å². The molecule has 0 radical (unpaired) electrons. The Labute approximate surface area is 120 Å². The first-order valence-corrected chi connectivity index (χ1v) is 7.10. The van der Waals surface area contributed by atoms with Gasteiger partial charge in [-0.25, -0.2) is 4.98 Å². The van der Waals surface area contributed by atoms with Crippen LogP contribution in [0.4, 0.5) is 5.13 Å². The van der Waals surface area contributed by atoms with Gasteiger partial charge in [-0.15, -0.1) is 0 Å². The van der Waals surface area contributed by atoms with Gasteiger partial charge in [0.15, 0.2) is 5.13 Å². The molecule has 3 aromatic rings. The van der Waals surface area contributed by atoms with E-state index in [1.54, 1.807) is 11.3 Å². The molecule has 19 heavy (non-hydrogen) atoms.